The van der Waals surface area contributed by atoms with E-state index in [1.165, 1.54) is 0 Å². The molecule has 1 N–H and O–H groups in total. The lowest BCUT2D eigenvalue weighted by molar-refractivity contribution is 0.157. The van der Waals surface area contributed by atoms with Crippen LogP contribution in [0.25, 0.3) is 0 Å². The summed E-state index contributed by atoms with van der Waals surface area (Å²) in [5, 5.41) is 13.8. The van der Waals surface area contributed by atoms with Crippen LogP contribution >= 0.6 is 11.8 Å². The summed E-state index contributed by atoms with van der Waals surface area (Å²) in [7, 11) is 1.85. The molecule has 0 aromatic carbocycles. The molecule has 0 bridgehead atoms. The maximum absolute atomic E-state index is 9.75. The van der Waals surface area contributed by atoms with Crippen molar-refractivity contribution in [2.24, 2.45) is 7.05 Å². The van der Waals surface area contributed by atoms with Crippen molar-refractivity contribution in [3.8, 4) is 0 Å². The normalized spacial score (nSPS) is 13.2. The quantitative estimate of drug-likeness (QED) is 0.734. The second kappa shape index (κ2) is 5.29. The number of rotatable bonds is 5. The SMILES string of the molecule is CSCCCC(O)c1ccnn1C. The molecule has 1 aromatic rings. The van der Waals surface area contributed by atoms with Gasteiger partial charge in [0.25, 0.3) is 0 Å². The average Bonchev–Trinajstić information content (AvgIpc) is 2.52. The van der Waals surface area contributed by atoms with Crippen LogP contribution in [0.5, 0.6) is 0 Å². The highest BCUT2D eigenvalue weighted by atomic mass is 32.2. The predicted molar refractivity (Wildman–Crippen MR) is 55.8 cm³/mol. The van der Waals surface area contributed by atoms with E-state index < -0.39 is 0 Å². The first-order chi connectivity index (χ1) is 6.25. The number of aryl methyl sites for hydroxylation is 1. The van der Waals surface area contributed by atoms with Crippen molar-refractivity contribution < 1.29 is 5.11 Å². The maximum Gasteiger partial charge on any atom is 0.0956 e. The third kappa shape index (κ3) is 3.04. The molecule has 1 aromatic heterocycles. The summed E-state index contributed by atoms with van der Waals surface area (Å²) in [6.07, 6.45) is 5.30. The number of hydrogen-bond acceptors (Lipinski definition) is 3. The van der Waals surface area contributed by atoms with Gasteiger partial charge in [0.05, 0.1) is 11.8 Å². The van der Waals surface area contributed by atoms with Gasteiger partial charge in [-0.05, 0) is 30.9 Å². The number of aromatic nitrogens is 2. The van der Waals surface area contributed by atoms with Gasteiger partial charge in [0.15, 0.2) is 0 Å². The standard InChI is InChI=1S/C9H16N2OS/c1-11-8(5-6-10-11)9(12)4-3-7-13-2/h5-6,9,12H,3-4,7H2,1-2H3. The lowest BCUT2D eigenvalue weighted by Crippen LogP contribution is -2.05. The number of thioether (sulfide) groups is 1. The van der Waals surface area contributed by atoms with Crippen LogP contribution in [0.1, 0.15) is 24.6 Å². The Morgan fingerprint density at radius 3 is 3.00 bits per heavy atom. The molecule has 0 saturated carbocycles. The van der Waals surface area contributed by atoms with Crippen molar-refractivity contribution >= 4 is 11.8 Å². The van der Waals surface area contributed by atoms with E-state index in [-0.39, 0.29) is 6.10 Å². The highest BCUT2D eigenvalue weighted by molar-refractivity contribution is 7.98. The Hall–Kier alpha value is -0.480. The van der Waals surface area contributed by atoms with Crippen molar-refractivity contribution in [2.45, 2.75) is 18.9 Å². The molecule has 1 heterocycles. The molecule has 0 aliphatic heterocycles. The minimum Gasteiger partial charge on any atom is -0.387 e. The van der Waals surface area contributed by atoms with E-state index in [4.69, 9.17) is 0 Å². The summed E-state index contributed by atoms with van der Waals surface area (Å²) in [5.74, 6) is 1.11. The van der Waals surface area contributed by atoms with Gasteiger partial charge >= 0.3 is 0 Å². The smallest absolute Gasteiger partial charge is 0.0956 e. The molecule has 0 saturated heterocycles. The second-order valence-electron chi connectivity index (χ2n) is 3.03. The van der Waals surface area contributed by atoms with Crippen LogP contribution in [0.2, 0.25) is 0 Å². The Morgan fingerprint density at radius 2 is 2.46 bits per heavy atom. The van der Waals surface area contributed by atoms with Crippen molar-refractivity contribution in [3.05, 3.63) is 18.0 Å². The third-order valence-corrected chi connectivity index (χ3v) is 2.72. The molecule has 1 rings (SSSR count). The zero-order valence-corrected chi connectivity index (χ0v) is 8.92. The Morgan fingerprint density at radius 1 is 1.69 bits per heavy atom. The van der Waals surface area contributed by atoms with E-state index in [1.54, 1.807) is 10.9 Å². The summed E-state index contributed by atoms with van der Waals surface area (Å²) in [6, 6.07) is 1.86. The van der Waals surface area contributed by atoms with Crippen LogP contribution < -0.4 is 0 Å². The largest absolute Gasteiger partial charge is 0.387 e. The molecule has 0 radical (unpaired) electrons. The van der Waals surface area contributed by atoms with Gasteiger partial charge in [0, 0.05) is 13.2 Å². The van der Waals surface area contributed by atoms with E-state index in [9.17, 15) is 5.11 Å². The molecule has 74 valence electrons. The highest BCUT2D eigenvalue weighted by Gasteiger charge is 2.09. The molecule has 0 fully saturated rings. The molecule has 0 amide bonds. The van der Waals surface area contributed by atoms with E-state index in [0.29, 0.717) is 0 Å². The summed E-state index contributed by atoms with van der Waals surface area (Å²) >= 11 is 1.81. The Kier molecular flexibility index (Phi) is 4.32. The molecule has 3 nitrogen and oxygen atoms in total. The molecule has 13 heavy (non-hydrogen) atoms. The summed E-state index contributed by atoms with van der Waals surface area (Å²) < 4.78 is 1.73. The predicted octanol–water partition coefficient (Wildman–Crippen LogP) is 1.60. The molecule has 1 unspecified atom stereocenters. The van der Waals surface area contributed by atoms with Gasteiger partial charge in [-0.3, -0.25) is 4.68 Å². The van der Waals surface area contributed by atoms with Gasteiger partial charge in [-0.25, -0.2) is 0 Å². The average molecular weight is 200 g/mol. The summed E-state index contributed by atoms with van der Waals surface area (Å²) in [4.78, 5) is 0. The summed E-state index contributed by atoms with van der Waals surface area (Å²) in [5.41, 5.74) is 0.904. The van der Waals surface area contributed by atoms with Crippen molar-refractivity contribution in [3.63, 3.8) is 0 Å². The first kappa shape index (κ1) is 10.6. The fourth-order valence-corrected chi connectivity index (χ4v) is 1.74. The van der Waals surface area contributed by atoms with Crippen molar-refractivity contribution in [2.75, 3.05) is 12.0 Å². The summed E-state index contributed by atoms with van der Waals surface area (Å²) in [6.45, 7) is 0. The van der Waals surface area contributed by atoms with Crippen molar-refractivity contribution in [1.82, 2.24) is 9.78 Å². The highest BCUT2D eigenvalue weighted by Crippen LogP contribution is 2.17. The number of hydrogen-bond donors (Lipinski definition) is 1. The Labute approximate surface area is 83.1 Å². The zero-order chi connectivity index (χ0) is 9.68. The molecule has 1 atom stereocenters. The van der Waals surface area contributed by atoms with Crippen LogP contribution in [-0.4, -0.2) is 26.9 Å². The topological polar surface area (TPSA) is 38.1 Å². The van der Waals surface area contributed by atoms with Crippen LogP contribution in [0.15, 0.2) is 12.3 Å². The second-order valence-corrected chi connectivity index (χ2v) is 4.02. The number of aliphatic hydroxyl groups is 1. The zero-order valence-electron chi connectivity index (χ0n) is 8.10. The maximum atomic E-state index is 9.75. The van der Waals surface area contributed by atoms with E-state index in [1.807, 2.05) is 24.9 Å². The number of nitrogens with zero attached hydrogens (tertiary/aromatic N) is 2. The van der Waals surface area contributed by atoms with Crippen molar-refractivity contribution in [1.29, 1.82) is 0 Å². The van der Waals surface area contributed by atoms with E-state index in [2.05, 4.69) is 11.4 Å². The van der Waals surface area contributed by atoms with Gasteiger partial charge in [-0.15, -0.1) is 0 Å². The van der Waals surface area contributed by atoms with Gasteiger partial charge in [-0.1, -0.05) is 0 Å². The fraction of sp³-hybridized carbons (Fsp3) is 0.667. The van der Waals surface area contributed by atoms with Crippen LogP contribution in [0.4, 0.5) is 0 Å². The van der Waals surface area contributed by atoms with Gasteiger partial charge in [0.1, 0.15) is 0 Å². The molecule has 0 aliphatic rings. The van der Waals surface area contributed by atoms with Gasteiger partial charge in [0.2, 0.25) is 0 Å². The minimum absolute atomic E-state index is 0.361. The first-order valence-corrected chi connectivity index (χ1v) is 5.80. The third-order valence-electron chi connectivity index (χ3n) is 2.03. The van der Waals surface area contributed by atoms with E-state index in [0.717, 1.165) is 24.3 Å². The van der Waals surface area contributed by atoms with Gasteiger partial charge in [-0.2, -0.15) is 16.9 Å². The van der Waals surface area contributed by atoms with Crippen LogP contribution in [0.3, 0.4) is 0 Å². The lowest BCUT2D eigenvalue weighted by Gasteiger charge is -2.09. The molecule has 0 aliphatic carbocycles. The minimum atomic E-state index is -0.361. The van der Waals surface area contributed by atoms with E-state index >= 15 is 0 Å². The van der Waals surface area contributed by atoms with Gasteiger partial charge < -0.3 is 5.11 Å². The molecular weight excluding hydrogens is 184 g/mol. The molecule has 0 spiro atoms. The first-order valence-electron chi connectivity index (χ1n) is 4.40. The monoisotopic (exact) mass is 200 g/mol. The Bertz CT molecular complexity index is 250. The molecule has 4 heteroatoms. The lowest BCUT2D eigenvalue weighted by atomic mass is 10.1. The number of aliphatic hydroxyl groups excluding tert-OH is 1. The Balaban J connectivity index is 2.39. The molecular formula is C9H16N2OS. The fourth-order valence-electron chi connectivity index (χ4n) is 1.28. The van der Waals surface area contributed by atoms with Crippen LogP contribution in [0, 0.1) is 0 Å². The van der Waals surface area contributed by atoms with Crippen LogP contribution in [-0.2, 0) is 7.05 Å².